The smallest absolute Gasteiger partial charge is 0.240 e. The van der Waals surface area contributed by atoms with Gasteiger partial charge in [-0.1, -0.05) is 18.2 Å². The van der Waals surface area contributed by atoms with Gasteiger partial charge in [0.05, 0.1) is 6.04 Å². The molecule has 0 spiro atoms. The van der Waals surface area contributed by atoms with E-state index in [2.05, 4.69) is 5.32 Å². The number of carbonyl (C=O) groups excluding carboxylic acids is 3. The Labute approximate surface area is 142 Å². The third-order valence-corrected chi connectivity index (χ3v) is 4.73. The molecule has 0 saturated carbocycles. The second-order valence-corrected chi connectivity index (χ2v) is 6.42. The van der Waals surface area contributed by atoms with Gasteiger partial charge >= 0.3 is 0 Å². The van der Waals surface area contributed by atoms with Crippen LogP contribution in [0.2, 0.25) is 0 Å². The van der Waals surface area contributed by atoms with E-state index in [9.17, 15) is 18.8 Å². The fourth-order valence-corrected chi connectivity index (χ4v) is 3.38. The van der Waals surface area contributed by atoms with Crippen LogP contribution < -0.4 is 5.32 Å². The predicted molar refractivity (Wildman–Crippen MR) is 86.7 cm³/mol. The summed E-state index contributed by atoms with van der Waals surface area (Å²) in [4.78, 5) is 37.4. The van der Waals surface area contributed by atoms with Crippen LogP contribution in [0.3, 0.4) is 0 Å². The first-order chi connectivity index (χ1) is 11.5. The van der Waals surface area contributed by atoms with Crippen molar-refractivity contribution in [1.82, 2.24) is 10.2 Å². The van der Waals surface area contributed by atoms with Crippen LogP contribution in [0.1, 0.15) is 29.3 Å². The van der Waals surface area contributed by atoms with Crippen molar-refractivity contribution in [3.63, 3.8) is 0 Å². The molecule has 1 fully saturated rings. The Kier molecular flexibility index (Phi) is 4.71. The van der Waals surface area contributed by atoms with E-state index < -0.39 is 11.9 Å². The van der Waals surface area contributed by atoms with Gasteiger partial charge in [-0.25, -0.2) is 4.39 Å². The summed E-state index contributed by atoms with van der Waals surface area (Å²) >= 11 is 1.46. The number of nitrogens with zero attached hydrogens (tertiary/aromatic N) is 1. The van der Waals surface area contributed by atoms with E-state index >= 15 is 0 Å². The number of benzene rings is 1. The van der Waals surface area contributed by atoms with E-state index in [1.54, 1.807) is 12.1 Å². The number of amides is 3. The predicted octanol–water partition coefficient (Wildman–Crippen LogP) is 2.24. The minimum absolute atomic E-state index is 0.151. The quantitative estimate of drug-likeness (QED) is 0.845. The van der Waals surface area contributed by atoms with E-state index in [-0.39, 0.29) is 37.0 Å². The van der Waals surface area contributed by atoms with Crippen molar-refractivity contribution in [1.29, 1.82) is 0 Å². The normalized spacial score (nSPS) is 15.6. The highest BCUT2D eigenvalue weighted by molar-refractivity contribution is 7.10. The molecule has 0 aliphatic carbocycles. The van der Waals surface area contributed by atoms with E-state index in [4.69, 9.17) is 0 Å². The lowest BCUT2D eigenvalue weighted by atomic mass is 10.1. The van der Waals surface area contributed by atoms with Gasteiger partial charge in [-0.15, -0.1) is 11.3 Å². The number of carbonyl (C=O) groups is 3. The third-order valence-electron chi connectivity index (χ3n) is 3.79. The molecule has 1 aliphatic rings. The number of nitrogens with one attached hydrogen (secondary N) is 1. The Morgan fingerprint density at radius 2 is 1.83 bits per heavy atom. The molecule has 0 bridgehead atoms. The number of hydrogen-bond donors (Lipinski definition) is 1. The Morgan fingerprint density at radius 3 is 2.42 bits per heavy atom. The molecule has 1 atom stereocenters. The van der Waals surface area contributed by atoms with E-state index in [1.165, 1.54) is 23.5 Å². The minimum atomic E-state index is -0.453. The van der Waals surface area contributed by atoms with Gasteiger partial charge in [-0.3, -0.25) is 19.3 Å². The van der Waals surface area contributed by atoms with Crippen molar-refractivity contribution in [2.24, 2.45) is 0 Å². The molecule has 3 amide bonds. The molecule has 124 valence electrons. The van der Waals surface area contributed by atoms with Gasteiger partial charge in [0, 0.05) is 17.7 Å². The molecule has 5 nitrogen and oxygen atoms in total. The molecule has 24 heavy (non-hydrogen) atoms. The maximum absolute atomic E-state index is 13.1. The Morgan fingerprint density at radius 1 is 1.17 bits per heavy atom. The van der Waals surface area contributed by atoms with Crippen LogP contribution in [-0.2, 0) is 14.4 Å². The zero-order chi connectivity index (χ0) is 17.1. The average Bonchev–Trinajstić information content (AvgIpc) is 3.19. The number of likely N-dealkylation sites (tertiary alicyclic amines) is 1. The fourth-order valence-electron chi connectivity index (χ4n) is 2.58. The van der Waals surface area contributed by atoms with Crippen molar-refractivity contribution < 1.29 is 18.8 Å². The molecule has 2 aromatic rings. The largest absolute Gasteiger partial charge is 0.343 e. The van der Waals surface area contributed by atoms with Crippen molar-refractivity contribution in [3.8, 4) is 0 Å². The minimum Gasteiger partial charge on any atom is -0.343 e. The first-order valence-electron chi connectivity index (χ1n) is 7.46. The van der Waals surface area contributed by atoms with Crippen LogP contribution in [0.5, 0.6) is 0 Å². The summed E-state index contributed by atoms with van der Waals surface area (Å²) in [6, 6.07) is 9.14. The Bertz CT molecular complexity index is 743. The fraction of sp³-hybridized carbons (Fsp3) is 0.235. The van der Waals surface area contributed by atoms with Crippen molar-refractivity contribution in [3.05, 3.63) is 58.0 Å². The number of thiophene rings is 1. The van der Waals surface area contributed by atoms with Crippen LogP contribution in [-0.4, -0.2) is 29.2 Å². The van der Waals surface area contributed by atoms with Crippen molar-refractivity contribution >= 4 is 29.1 Å². The van der Waals surface area contributed by atoms with Crippen LogP contribution >= 0.6 is 11.3 Å². The molecule has 0 radical (unpaired) electrons. The van der Waals surface area contributed by atoms with Gasteiger partial charge in [0.25, 0.3) is 0 Å². The zero-order valence-corrected chi connectivity index (χ0v) is 13.5. The molecule has 1 saturated heterocycles. The summed E-state index contributed by atoms with van der Waals surface area (Å²) in [5, 5.41) is 4.71. The number of halogens is 1. The maximum Gasteiger partial charge on any atom is 0.240 e. The standard InChI is InChI=1S/C17H15FN2O3S/c18-12-5-3-11(4-6-12)17(13-2-1-9-24-13)19-14(21)10-20-15(22)7-8-16(20)23/h1-6,9,17H,7-8,10H2,(H,19,21)/t17-/m0/s1. The first kappa shape index (κ1) is 16.3. The monoisotopic (exact) mass is 346 g/mol. The highest BCUT2D eigenvalue weighted by Gasteiger charge is 2.31. The highest BCUT2D eigenvalue weighted by atomic mass is 32.1. The maximum atomic E-state index is 13.1. The first-order valence-corrected chi connectivity index (χ1v) is 8.34. The lowest BCUT2D eigenvalue weighted by Gasteiger charge is -2.20. The molecule has 7 heteroatoms. The van der Waals surface area contributed by atoms with Crippen LogP contribution in [0.15, 0.2) is 41.8 Å². The topological polar surface area (TPSA) is 66.5 Å². The molecule has 1 aromatic heterocycles. The second kappa shape index (κ2) is 6.92. The summed E-state index contributed by atoms with van der Waals surface area (Å²) in [5.74, 6) is -1.45. The lowest BCUT2D eigenvalue weighted by Crippen LogP contribution is -2.41. The van der Waals surface area contributed by atoms with Gasteiger partial charge in [0.15, 0.2) is 0 Å². The summed E-state index contributed by atoms with van der Waals surface area (Å²) in [5.41, 5.74) is 0.728. The lowest BCUT2D eigenvalue weighted by molar-refractivity contribution is -0.142. The number of rotatable bonds is 5. The Balaban J connectivity index is 1.77. The summed E-state index contributed by atoms with van der Waals surface area (Å²) in [7, 11) is 0. The van der Waals surface area contributed by atoms with Crippen molar-refractivity contribution in [2.45, 2.75) is 18.9 Å². The van der Waals surface area contributed by atoms with Gasteiger partial charge in [0.1, 0.15) is 12.4 Å². The van der Waals surface area contributed by atoms with Crippen LogP contribution in [0.25, 0.3) is 0 Å². The van der Waals surface area contributed by atoms with Gasteiger partial charge in [0.2, 0.25) is 17.7 Å². The molecule has 1 aromatic carbocycles. The highest BCUT2D eigenvalue weighted by Crippen LogP contribution is 2.26. The number of hydrogen-bond acceptors (Lipinski definition) is 4. The zero-order valence-electron chi connectivity index (χ0n) is 12.7. The molecule has 0 unspecified atom stereocenters. The summed E-state index contributed by atoms with van der Waals surface area (Å²) in [6.45, 7) is -0.291. The molecular weight excluding hydrogens is 331 g/mol. The van der Waals surface area contributed by atoms with Crippen LogP contribution in [0.4, 0.5) is 4.39 Å². The summed E-state index contributed by atoms with van der Waals surface area (Å²) in [6.07, 6.45) is 0.302. The number of imide groups is 1. The van der Waals surface area contributed by atoms with E-state index in [0.717, 1.165) is 15.3 Å². The third kappa shape index (κ3) is 3.51. The van der Waals surface area contributed by atoms with Gasteiger partial charge in [-0.05, 0) is 29.1 Å². The molecule has 1 N–H and O–H groups in total. The molecule has 3 rings (SSSR count). The van der Waals surface area contributed by atoms with E-state index in [1.807, 2.05) is 17.5 Å². The average molecular weight is 346 g/mol. The van der Waals surface area contributed by atoms with Crippen LogP contribution in [0, 0.1) is 5.82 Å². The molecular formula is C17H15FN2O3S. The second-order valence-electron chi connectivity index (χ2n) is 5.44. The molecule has 2 heterocycles. The van der Waals surface area contributed by atoms with Gasteiger partial charge < -0.3 is 5.32 Å². The Hall–Kier alpha value is -2.54. The van der Waals surface area contributed by atoms with E-state index in [0.29, 0.717) is 0 Å². The SMILES string of the molecule is O=C(CN1C(=O)CCC1=O)N[C@@H](c1ccc(F)cc1)c1cccs1. The molecule has 1 aliphatic heterocycles. The summed E-state index contributed by atoms with van der Waals surface area (Å²) < 4.78 is 13.1. The van der Waals surface area contributed by atoms with Gasteiger partial charge in [-0.2, -0.15) is 0 Å². The van der Waals surface area contributed by atoms with Crippen molar-refractivity contribution in [2.75, 3.05) is 6.54 Å².